The molecule has 0 aromatic heterocycles. The van der Waals surface area contributed by atoms with Crippen LogP contribution in [0.5, 0.6) is 0 Å². The monoisotopic (exact) mass is 275 g/mol. The number of amides is 1. The number of hydrogen-bond donors (Lipinski definition) is 1. The van der Waals surface area contributed by atoms with Crippen LogP contribution in [0.2, 0.25) is 0 Å². The Balaban J connectivity index is 1.97. The molecular formula is C16H21NO3. The lowest BCUT2D eigenvalue weighted by atomic mass is 9.66. The Kier molecular flexibility index (Phi) is 4.12. The van der Waals surface area contributed by atoms with Crippen molar-refractivity contribution in [3.8, 4) is 0 Å². The van der Waals surface area contributed by atoms with Crippen LogP contribution in [-0.2, 0) is 16.1 Å². The Morgan fingerprint density at radius 3 is 2.55 bits per heavy atom. The number of carbonyl (C=O) groups excluding carboxylic acids is 1. The molecule has 1 saturated carbocycles. The van der Waals surface area contributed by atoms with Crippen LogP contribution in [0, 0.1) is 12.3 Å². The zero-order valence-corrected chi connectivity index (χ0v) is 12.1. The van der Waals surface area contributed by atoms with Crippen molar-refractivity contribution >= 4 is 11.9 Å². The molecular weight excluding hydrogens is 254 g/mol. The molecule has 0 bridgehead atoms. The fourth-order valence-electron chi connectivity index (χ4n) is 2.67. The number of nitrogens with zero attached hydrogens (tertiary/aromatic N) is 1. The fourth-order valence-corrected chi connectivity index (χ4v) is 2.67. The van der Waals surface area contributed by atoms with Crippen LogP contribution < -0.4 is 0 Å². The molecule has 2 rings (SSSR count). The number of aryl methyl sites for hydroxylation is 1. The minimum atomic E-state index is -0.832. The normalized spacial score (nSPS) is 16.3. The SMILES string of the molecule is Cc1cccc(CN(C)C(=O)CC2(C(=O)O)CCC2)c1. The van der Waals surface area contributed by atoms with Gasteiger partial charge < -0.3 is 10.0 Å². The van der Waals surface area contributed by atoms with Gasteiger partial charge in [-0.1, -0.05) is 36.2 Å². The van der Waals surface area contributed by atoms with E-state index in [4.69, 9.17) is 0 Å². The average molecular weight is 275 g/mol. The summed E-state index contributed by atoms with van der Waals surface area (Å²) in [5, 5.41) is 9.27. The van der Waals surface area contributed by atoms with E-state index in [0.29, 0.717) is 19.4 Å². The average Bonchev–Trinajstić information content (AvgIpc) is 2.32. The quantitative estimate of drug-likeness (QED) is 0.898. The first-order chi connectivity index (χ1) is 9.43. The van der Waals surface area contributed by atoms with Gasteiger partial charge in [-0.15, -0.1) is 0 Å². The maximum Gasteiger partial charge on any atom is 0.310 e. The topological polar surface area (TPSA) is 57.6 Å². The van der Waals surface area contributed by atoms with Crippen molar-refractivity contribution in [1.82, 2.24) is 4.90 Å². The first-order valence-corrected chi connectivity index (χ1v) is 6.96. The van der Waals surface area contributed by atoms with Crippen molar-refractivity contribution in [2.45, 2.75) is 39.2 Å². The predicted molar refractivity (Wildman–Crippen MR) is 76.2 cm³/mol. The highest BCUT2D eigenvalue weighted by molar-refractivity contribution is 5.85. The van der Waals surface area contributed by atoms with Gasteiger partial charge in [-0.25, -0.2) is 0 Å². The molecule has 0 spiro atoms. The highest BCUT2D eigenvalue weighted by Gasteiger charge is 2.46. The van der Waals surface area contributed by atoms with Crippen molar-refractivity contribution in [2.75, 3.05) is 7.05 Å². The molecule has 20 heavy (non-hydrogen) atoms. The van der Waals surface area contributed by atoms with E-state index in [2.05, 4.69) is 0 Å². The summed E-state index contributed by atoms with van der Waals surface area (Å²) in [6.45, 7) is 2.54. The Hall–Kier alpha value is -1.84. The van der Waals surface area contributed by atoms with E-state index >= 15 is 0 Å². The number of carbonyl (C=O) groups is 2. The molecule has 0 saturated heterocycles. The number of aliphatic carboxylic acids is 1. The molecule has 1 aromatic rings. The van der Waals surface area contributed by atoms with Gasteiger partial charge in [0, 0.05) is 20.0 Å². The van der Waals surface area contributed by atoms with E-state index in [-0.39, 0.29) is 12.3 Å². The maximum atomic E-state index is 12.2. The largest absolute Gasteiger partial charge is 0.481 e. The van der Waals surface area contributed by atoms with E-state index in [0.717, 1.165) is 17.5 Å². The molecule has 1 aromatic carbocycles. The van der Waals surface area contributed by atoms with E-state index in [1.807, 2.05) is 31.2 Å². The second kappa shape index (κ2) is 5.65. The Morgan fingerprint density at radius 2 is 2.05 bits per heavy atom. The molecule has 0 unspecified atom stereocenters. The minimum absolute atomic E-state index is 0.0893. The van der Waals surface area contributed by atoms with Gasteiger partial charge in [0.05, 0.1) is 5.41 Å². The van der Waals surface area contributed by atoms with Gasteiger partial charge in [-0.05, 0) is 25.3 Å². The van der Waals surface area contributed by atoms with E-state index in [1.165, 1.54) is 0 Å². The number of carboxylic acid groups (broad SMARTS) is 1. The molecule has 0 heterocycles. The summed E-state index contributed by atoms with van der Waals surface area (Å²) in [5.74, 6) is -0.922. The smallest absolute Gasteiger partial charge is 0.310 e. The van der Waals surface area contributed by atoms with Gasteiger partial charge in [0.15, 0.2) is 0 Å². The highest BCUT2D eigenvalue weighted by Crippen LogP contribution is 2.44. The van der Waals surface area contributed by atoms with E-state index in [9.17, 15) is 14.7 Å². The summed E-state index contributed by atoms with van der Waals surface area (Å²) in [6.07, 6.45) is 2.25. The van der Waals surface area contributed by atoms with Crippen LogP contribution in [0.15, 0.2) is 24.3 Å². The summed E-state index contributed by atoms with van der Waals surface area (Å²) in [4.78, 5) is 25.1. The zero-order valence-electron chi connectivity index (χ0n) is 12.1. The van der Waals surface area contributed by atoms with Gasteiger partial charge in [-0.3, -0.25) is 9.59 Å². The summed E-state index contributed by atoms with van der Waals surface area (Å²) >= 11 is 0. The number of hydrogen-bond acceptors (Lipinski definition) is 2. The molecule has 4 heteroatoms. The highest BCUT2D eigenvalue weighted by atomic mass is 16.4. The number of carboxylic acids is 1. The summed E-state index contributed by atoms with van der Waals surface area (Å²) in [7, 11) is 1.74. The van der Waals surface area contributed by atoms with E-state index < -0.39 is 11.4 Å². The standard InChI is InChI=1S/C16H21NO3/c1-12-5-3-6-13(9-12)11-17(2)14(18)10-16(15(19)20)7-4-8-16/h3,5-6,9H,4,7-8,10-11H2,1-2H3,(H,19,20). The molecule has 4 nitrogen and oxygen atoms in total. The lowest BCUT2D eigenvalue weighted by molar-refractivity contribution is -0.159. The van der Waals surface area contributed by atoms with Gasteiger partial charge in [0.1, 0.15) is 0 Å². The molecule has 0 radical (unpaired) electrons. The maximum absolute atomic E-state index is 12.2. The molecule has 108 valence electrons. The van der Waals surface area contributed by atoms with Crippen molar-refractivity contribution in [2.24, 2.45) is 5.41 Å². The first-order valence-electron chi connectivity index (χ1n) is 6.96. The molecule has 1 N–H and O–H groups in total. The molecule has 1 aliphatic rings. The van der Waals surface area contributed by atoms with E-state index in [1.54, 1.807) is 11.9 Å². The van der Waals surface area contributed by atoms with Crippen LogP contribution >= 0.6 is 0 Å². The lowest BCUT2D eigenvalue weighted by Crippen LogP contribution is -2.42. The predicted octanol–water partition coefficient (Wildman–Crippen LogP) is 2.60. The summed E-state index contributed by atoms with van der Waals surface area (Å²) < 4.78 is 0. The molecule has 1 aliphatic carbocycles. The van der Waals surface area contributed by atoms with Crippen LogP contribution in [0.25, 0.3) is 0 Å². The van der Waals surface area contributed by atoms with Gasteiger partial charge in [0.25, 0.3) is 0 Å². The van der Waals surface area contributed by atoms with Crippen LogP contribution in [0.3, 0.4) is 0 Å². The summed E-state index contributed by atoms with van der Waals surface area (Å²) in [5.41, 5.74) is 1.42. The van der Waals surface area contributed by atoms with Crippen molar-refractivity contribution in [1.29, 1.82) is 0 Å². The molecule has 0 atom stereocenters. The summed E-state index contributed by atoms with van der Waals surface area (Å²) in [6, 6.07) is 8.00. The van der Waals surface area contributed by atoms with Crippen LogP contribution in [-0.4, -0.2) is 28.9 Å². The van der Waals surface area contributed by atoms with Crippen molar-refractivity contribution in [3.63, 3.8) is 0 Å². The molecule has 0 aliphatic heterocycles. The number of benzene rings is 1. The third kappa shape index (κ3) is 3.00. The second-order valence-electron chi connectivity index (χ2n) is 5.85. The van der Waals surface area contributed by atoms with Crippen LogP contribution in [0.4, 0.5) is 0 Å². The Morgan fingerprint density at radius 1 is 1.35 bits per heavy atom. The number of rotatable bonds is 5. The van der Waals surface area contributed by atoms with Gasteiger partial charge >= 0.3 is 5.97 Å². The fraction of sp³-hybridized carbons (Fsp3) is 0.500. The van der Waals surface area contributed by atoms with Crippen molar-refractivity contribution in [3.05, 3.63) is 35.4 Å². The lowest BCUT2D eigenvalue weighted by Gasteiger charge is -2.38. The van der Waals surface area contributed by atoms with Gasteiger partial charge in [-0.2, -0.15) is 0 Å². The third-order valence-electron chi connectivity index (χ3n) is 4.18. The van der Waals surface area contributed by atoms with Crippen molar-refractivity contribution < 1.29 is 14.7 Å². The second-order valence-corrected chi connectivity index (χ2v) is 5.85. The van der Waals surface area contributed by atoms with Crippen LogP contribution in [0.1, 0.15) is 36.8 Å². The molecule has 1 fully saturated rings. The van der Waals surface area contributed by atoms with Gasteiger partial charge in [0.2, 0.25) is 5.91 Å². The third-order valence-corrected chi connectivity index (χ3v) is 4.18. The zero-order chi connectivity index (χ0) is 14.8. The Labute approximate surface area is 119 Å². The first kappa shape index (κ1) is 14.6. The Bertz CT molecular complexity index is 520. The minimum Gasteiger partial charge on any atom is -0.481 e. The molecule has 1 amide bonds.